The van der Waals surface area contributed by atoms with Gasteiger partial charge in [-0.15, -0.1) is 0 Å². The van der Waals surface area contributed by atoms with Crippen LogP contribution >= 0.6 is 0 Å². The van der Waals surface area contributed by atoms with Crippen molar-refractivity contribution in [2.24, 2.45) is 0 Å². The highest BCUT2D eigenvalue weighted by Crippen LogP contribution is 2.26. The Hall–Kier alpha value is -1.21. The third kappa shape index (κ3) is 4.43. The molecule has 0 aliphatic rings. The lowest BCUT2D eigenvalue weighted by Gasteiger charge is -2.19. The molecule has 0 fully saturated rings. The SMILES string of the molecule is CCNC(CS(C)(=O)=O)c1c(F)cc(OC)cc1F. The third-order valence-corrected chi connectivity index (χ3v) is 3.50. The Morgan fingerprint density at radius 1 is 1.32 bits per heavy atom. The summed E-state index contributed by atoms with van der Waals surface area (Å²) in [5.74, 6) is -1.98. The molecule has 0 aromatic heterocycles. The fraction of sp³-hybridized carbons (Fsp3) is 0.500. The van der Waals surface area contributed by atoms with Gasteiger partial charge in [-0.25, -0.2) is 17.2 Å². The highest BCUT2D eigenvalue weighted by molar-refractivity contribution is 7.90. The van der Waals surface area contributed by atoms with Crippen molar-refractivity contribution in [1.82, 2.24) is 5.32 Å². The first kappa shape index (κ1) is 15.8. The molecule has 108 valence electrons. The standard InChI is InChI=1S/C12H17F2NO3S/c1-4-15-11(7-19(3,16)17)12-9(13)5-8(18-2)6-10(12)14/h5-6,11,15H,4,7H2,1-3H3. The Labute approximate surface area is 111 Å². The van der Waals surface area contributed by atoms with Crippen molar-refractivity contribution in [2.75, 3.05) is 25.7 Å². The van der Waals surface area contributed by atoms with E-state index in [-0.39, 0.29) is 17.1 Å². The summed E-state index contributed by atoms with van der Waals surface area (Å²) < 4.78 is 55.2. The van der Waals surface area contributed by atoms with Gasteiger partial charge in [0.1, 0.15) is 27.2 Å². The quantitative estimate of drug-likeness (QED) is 0.867. The van der Waals surface area contributed by atoms with Crippen LogP contribution < -0.4 is 10.1 Å². The molecule has 1 atom stereocenters. The molecule has 19 heavy (non-hydrogen) atoms. The molecule has 1 aromatic carbocycles. The zero-order valence-corrected chi connectivity index (χ0v) is 11.9. The number of rotatable bonds is 6. The lowest BCUT2D eigenvalue weighted by atomic mass is 10.1. The van der Waals surface area contributed by atoms with Crippen molar-refractivity contribution >= 4 is 9.84 Å². The van der Waals surface area contributed by atoms with Crippen LogP contribution in [-0.4, -0.2) is 34.1 Å². The predicted molar refractivity (Wildman–Crippen MR) is 69.0 cm³/mol. The van der Waals surface area contributed by atoms with Crippen LogP contribution in [0.2, 0.25) is 0 Å². The van der Waals surface area contributed by atoms with Crippen LogP contribution in [0.25, 0.3) is 0 Å². The first-order chi connectivity index (χ1) is 8.78. The third-order valence-electron chi connectivity index (χ3n) is 2.56. The second-order valence-corrected chi connectivity index (χ2v) is 6.39. The Kier molecular flexibility index (Phi) is 5.25. The van der Waals surface area contributed by atoms with E-state index in [1.807, 2.05) is 0 Å². The molecule has 1 aromatic rings. The molecule has 0 aliphatic carbocycles. The van der Waals surface area contributed by atoms with Gasteiger partial charge < -0.3 is 10.1 Å². The second kappa shape index (κ2) is 6.29. The van der Waals surface area contributed by atoms with Gasteiger partial charge in [-0.05, 0) is 6.54 Å². The van der Waals surface area contributed by atoms with E-state index in [4.69, 9.17) is 4.74 Å². The van der Waals surface area contributed by atoms with Crippen LogP contribution in [0.5, 0.6) is 5.75 Å². The van der Waals surface area contributed by atoms with E-state index in [1.165, 1.54) is 7.11 Å². The topological polar surface area (TPSA) is 55.4 Å². The fourth-order valence-electron chi connectivity index (χ4n) is 1.81. The summed E-state index contributed by atoms with van der Waals surface area (Å²) in [5.41, 5.74) is -0.284. The Balaban J connectivity index is 3.22. The summed E-state index contributed by atoms with van der Waals surface area (Å²) in [6.45, 7) is 2.12. The van der Waals surface area contributed by atoms with Gasteiger partial charge in [-0.2, -0.15) is 0 Å². The van der Waals surface area contributed by atoms with Crippen molar-refractivity contribution in [3.05, 3.63) is 29.3 Å². The summed E-state index contributed by atoms with van der Waals surface area (Å²) in [4.78, 5) is 0. The summed E-state index contributed by atoms with van der Waals surface area (Å²) in [6.07, 6.45) is 1.02. The minimum Gasteiger partial charge on any atom is -0.497 e. The Morgan fingerprint density at radius 2 is 1.84 bits per heavy atom. The number of methoxy groups -OCH3 is 1. The molecule has 0 saturated heterocycles. The number of nitrogens with one attached hydrogen (secondary N) is 1. The maximum atomic E-state index is 13.9. The molecule has 1 rings (SSSR count). The Morgan fingerprint density at radius 3 is 2.21 bits per heavy atom. The molecule has 1 unspecified atom stereocenters. The largest absolute Gasteiger partial charge is 0.497 e. The van der Waals surface area contributed by atoms with E-state index in [0.717, 1.165) is 18.4 Å². The fourth-order valence-corrected chi connectivity index (χ4v) is 2.70. The van der Waals surface area contributed by atoms with Crippen LogP contribution in [0.15, 0.2) is 12.1 Å². The van der Waals surface area contributed by atoms with Gasteiger partial charge in [0.15, 0.2) is 0 Å². The number of benzene rings is 1. The van der Waals surface area contributed by atoms with Gasteiger partial charge in [0.05, 0.1) is 18.9 Å². The maximum absolute atomic E-state index is 13.9. The minimum atomic E-state index is -3.37. The molecule has 4 nitrogen and oxygen atoms in total. The lowest BCUT2D eigenvalue weighted by Crippen LogP contribution is -2.29. The number of hydrogen-bond donors (Lipinski definition) is 1. The monoisotopic (exact) mass is 293 g/mol. The lowest BCUT2D eigenvalue weighted by molar-refractivity contribution is 0.402. The van der Waals surface area contributed by atoms with Crippen LogP contribution in [0.3, 0.4) is 0 Å². The van der Waals surface area contributed by atoms with Crippen LogP contribution in [0, 0.1) is 11.6 Å². The van der Waals surface area contributed by atoms with Gasteiger partial charge in [-0.1, -0.05) is 6.92 Å². The normalized spacial score (nSPS) is 13.3. The van der Waals surface area contributed by atoms with Gasteiger partial charge in [0, 0.05) is 24.0 Å². The van der Waals surface area contributed by atoms with E-state index in [0.29, 0.717) is 6.54 Å². The highest BCUT2D eigenvalue weighted by atomic mass is 32.2. The zero-order valence-electron chi connectivity index (χ0n) is 11.0. The molecular formula is C12H17F2NO3S. The number of halogens is 2. The molecular weight excluding hydrogens is 276 g/mol. The van der Waals surface area contributed by atoms with Gasteiger partial charge in [0.25, 0.3) is 0 Å². The van der Waals surface area contributed by atoms with E-state index in [9.17, 15) is 17.2 Å². The molecule has 1 N–H and O–H groups in total. The molecule has 0 spiro atoms. The van der Waals surface area contributed by atoms with Crippen molar-refractivity contribution in [3.63, 3.8) is 0 Å². The Bertz CT molecular complexity index is 523. The first-order valence-electron chi connectivity index (χ1n) is 5.72. The average Bonchev–Trinajstić information content (AvgIpc) is 2.26. The highest BCUT2D eigenvalue weighted by Gasteiger charge is 2.24. The number of sulfone groups is 1. The second-order valence-electron chi connectivity index (χ2n) is 4.21. The zero-order chi connectivity index (χ0) is 14.6. The summed E-state index contributed by atoms with van der Waals surface area (Å²) in [6, 6.07) is 1.14. The molecule has 0 amide bonds. The van der Waals surface area contributed by atoms with Gasteiger partial charge in [0.2, 0.25) is 0 Å². The smallest absolute Gasteiger partial charge is 0.149 e. The van der Waals surface area contributed by atoms with Crippen molar-refractivity contribution in [2.45, 2.75) is 13.0 Å². The summed E-state index contributed by atoms with van der Waals surface area (Å²) >= 11 is 0. The first-order valence-corrected chi connectivity index (χ1v) is 7.78. The minimum absolute atomic E-state index is 0.0494. The summed E-state index contributed by atoms with van der Waals surface area (Å²) in [7, 11) is -2.07. The van der Waals surface area contributed by atoms with Crippen LogP contribution in [0.1, 0.15) is 18.5 Å². The molecule has 0 aliphatic heterocycles. The molecule has 7 heteroatoms. The summed E-state index contributed by atoms with van der Waals surface area (Å²) in [5, 5.41) is 2.77. The molecule has 0 saturated carbocycles. The van der Waals surface area contributed by atoms with Crippen molar-refractivity contribution in [1.29, 1.82) is 0 Å². The maximum Gasteiger partial charge on any atom is 0.149 e. The van der Waals surface area contributed by atoms with E-state index in [2.05, 4.69) is 5.32 Å². The molecule has 0 radical (unpaired) electrons. The molecule has 0 bridgehead atoms. The average molecular weight is 293 g/mol. The van der Waals surface area contributed by atoms with Crippen molar-refractivity contribution in [3.8, 4) is 5.75 Å². The number of ether oxygens (including phenoxy) is 1. The van der Waals surface area contributed by atoms with E-state index >= 15 is 0 Å². The predicted octanol–water partition coefficient (Wildman–Crippen LogP) is 1.67. The van der Waals surface area contributed by atoms with E-state index < -0.39 is 27.5 Å². The van der Waals surface area contributed by atoms with Crippen LogP contribution in [0.4, 0.5) is 8.78 Å². The number of hydrogen-bond acceptors (Lipinski definition) is 4. The van der Waals surface area contributed by atoms with Gasteiger partial charge in [-0.3, -0.25) is 0 Å². The molecule has 0 heterocycles. The van der Waals surface area contributed by atoms with Gasteiger partial charge >= 0.3 is 0 Å². The van der Waals surface area contributed by atoms with Crippen LogP contribution in [-0.2, 0) is 9.84 Å². The van der Waals surface area contributed by atoms with Crippen molar-refractivity contribution < 1.29 is 21.9 Å². The van der Waals surface area contributed by atoms with E-state index in [1.54, 1.807) is 6.92 Å².